The van der Waals surface area contributed by atoms with E-state index in [9.17, 15) is 0 Å². The Hall–Kier alpha value is -3.07. The molecule has 1 N–H and O–H groups in total. The van der Waals surface area contributed by atoms with Gasteiger partial charge in [-0.05, 0) is 54.1 Å². The van der Waals surface area contributed by atoms with Crippen LogP contribution < -0.4 is 10.2 Å². The number of anilines is 1. The molecule has 0 saturated carbocycles. The molecule has 3 aromatic carbocycles. The van der Waals surface area contributed by atoms with Gasteiger partial charge in [-0.15, -0.1) is 0 Å². The van der Waals surface area contributed by atoms with Crippen molar-refractivity contribution in [1.82, 2.24) is 0 Å². The summed E-state index contributed by atoms with van der Waals surface area (Å²) in [5, 5.41) is 4.21. The van der Waals surface area contributed by atoms with Crippen molar-refractivity contribution in [2.24, 2.45) is 5.10 Å². The first-order chi connectivity index (χ1) is 10.9. The fourth-order valence-electron chi connectivity index (χ4n) is 1.94. The molecule has 3 rings (SSSR count). The molecule has 0 saturated heterocycles. The zero-order valence-corrected chi connectivity index (χ0v) is 12.0. The lowest BCUT2D eigenvalue weighted by Crippen LogP contribution is -1.90. The van der Waals surface area contributed by atoms with E-state index < -0.39 is 0 Å². The lowest BCUT2D eigenvalue weighted by Gasteiger charge is -2.05. The van der Waals surface area contributed by atoms with Gasteiger partial charge in [0.15, 0.2) is 0 Å². The molecule has 0 atom stereocenters. The second-order valence-electron chi connectivity index (χ2n) is 4.72. The third-order valence-electron chi connectivity index (χ3n) is 3.04. The monoisotopic (exact) mass is 288 g/mol. The van der Waals surface area contributed by atoms with E-state index in [2.05, 4.69) is 10.5 Å². The van der Waals surface area contributed by atoms with Crippen LogP contribution in [0.5, 0.6) is 11.5 Å². The Kier molecular flexibility index (Phi) is 4.47. The van der Waals surface area contributed by atoms with E-state index in [4.69, 9.17) is 4.74 Å². The molecule has 0 aromatic heterocycles. The summed E-state index contributed by atoms with van der Waals surface area (Å²) in [6.07, 6.45) is 1.78. The first kappa shape index (κ1) is 13.9. The summed E-state index contributed by atoms with van der Waals surface area (Å²) in [6.45, 7) is 0. The van der Waals surface area contributed by atoms with Gasteiger partial charge in [0.25, 0.3) is 0 Å². The number of hydrogen-bond donors (Lipinski definition) is 1. The number of benzene rings is 3. The summed E-state index contributed by atoms with van der Waals surface area (Å²) in [7, 11) is 0. The number of nitrogens with zero attached hydrogens (tertiary/aromatic N) is 1. The molecule has 0 heterocycles. The fraction of sp³-hybridized carbons (Fsp3) is 0. The van der Waals surface area contributed by atoms with Crippen molar-refractivity contribution in [3.8, 4) is 11.5 Å². The van der Waals surface area contributed by atoms with Crippen LogP contribution in [0.1, 0.15) is 5.56 Å². The maximum atomic E-state index is 5.75. The first-order valence-electron chi connectivity index (χ1n) is 7.07. The Morgan fingerprint density at radius 2 is 1.27 bits per heavy atom. The average Bonchev–Trinajstić information content (AvgIpc) is 2.58. The van der Waals surface area contributed by atoms with Crippen molar-refractivity contribution in [1.29, 1.82) is 0 Å². The van der Waals surface area contributed by atoms with Crippen LogP contribution in [0.3, 0.4) is 0 Å². The van der Waals surface area contributed by atoms with Gasteiger partial charge in [0.2, 0.25) is 0 Å². The molecule has 0 aliphatic heterocycles. The molecule has 0 radical (unpaired) electrons. The van der Waals surface area contributed by atoms with Gasteiger partial charge in [-0.25, -0.2) is 0 Å². The molecule has 0 amide bonds. The van der Waals surface area contributed by atoms with Crippen molar-refractivity contribution in [2.75, 3.05) is 5.43 Å². The van der Waals surface area contributed by atoms with Crippen LogP contribution in [0.25, 0.3) is 0 Å². The molecular formula is C19H16N2O. The summed E-state index contributed by atoms with van der Waals surface area (Å²) in [5.74, 6) is 1.63. The van der Waals surface area contributed by atoms with Crippen LogP contribution in [0.4, 0.5) is 5.69 Å². The molecule has 3 nitrogen and oxygen atoms in total. The Morgan fingerprint density at radius 3 is 1.95 bits per heavy atom. The van der Waals surface area contributed by atoms with Gasteiger partial charge >= 0.3 is 0 Å². The molecule has 0 aliphatic carbocycles. The van der Waals surface area contributed by atoms with Crippen LogP contribution >= 0.6 is 0 Å². The summed E-state index contributed by atoms with van der Waals surface area (Å²) in [6, 6.07) is 27.3. The number of para-hydroxylation sites is 2. The predicted octanol–water partition coefficient (Wildman–Crippen LogP) is 4.92. The van der Waals surface area contributed by atoms with E-state index in [-0.39, 0.29) is 0 Å². The van der Waals surface area contributed by atoms with Gasteiger partial charge in [-0.3, -0.25) is 5.43 Å². The van der Waals surface area contributed by atoms with Gasteiger partial charge in [-0.2, -0.15) is 5.10 Å². The fourth-order valence-corrected chi connectivity index (χ4v) is 1.94. The summed E-state index contributed by atoms with van der Waals surface area (Å²) >= 11 is 0. The lowest BCUT2D eigenvalue weighted by atomic mass is 10.2. The zero-order chi connectivity index (χ0) is 15.0. The minimum Gasteiger partial charge on any atom is -0.457 e. The molecule has 0 bridgehead atoms. The van der Waals surface area contributed by atoms with E-state index in [1.807, 2.05) is 84.9 Å². The standard InChI is InChI=1S/C19H16N2O/c1-3-7-17(8-4-1)21-20-15-16-11-13-19(14-12-16)22-18-9-5-2-6-10-18/h1-15,21H. The molecule has 0 unspecified atom stereocenters. The second-order valence-corrected chi connectivity index (χ2v) is 4.72. The number of hydrogen-bond acceptors (Lipinski definition) is 3. The summed E-state index contributed by atoms with van der Waals surface area (Å²) < 4.78 is 5.75. The van der Waals surface area contributed by atoms with Gasteiger partial charge in [0.1, 0.15) is 11.5 Å². The van der Waals surface area contributed by atoms with Crippen molar-refractivity contribution >= 4 is 11.9 Å². The Morgan fingerprint density at radius 1 is 0.682 bits per heavy atom. The minimum atomic E-state index is 0.805. The van der Waals surface area contributed by atoms with Crippen molar-refractivity contribution in [3.05, 3.63) is 90.5 Å². The first-order valence-corrected chi connectivity index (χ1v) is 7.07. The highest BCUT2D eigenvalue weighted by Gasteiger charge is 1.96. The van der Waals surface area contributed by atoms with Crippen LogP contribution in [-0.2, 0) is 0 Å². The Bertz CT molecular complexity index is 722. The maximum Gasteiger partial charge on any atom is 0.127 e. The number of hydrazone groups is 1. The largest absolute Gasteiger partial charge is 0.457 e. The zero-order valence-electron chi connectivity index (χ0n) is 12.0. The highest BCUT2D eigenvalue weighted by molar-refractivity contribution is 5.80. The van der Waals surface area contributed by atoms with Crippen LogP contribution in [0.2, 0.25) is 0 Å². The quantitative estimate of drug-likeness (QED) is 0.533. The molecule has 0 aliphatic rings. The average molecular weight is 288 g/mol. The molecule has 22 heavy (non-hydrogen) atoms. The van der Waals surface area contributed by atoms with Gasteiger partial charge in [0.05, 0.1) is 11.9 Å². The number of nitrogens with one attached hydrogen (secondary N) is 1. The molecule has 3 heteroatoms. The van der Waals surface area contributed by atoms with Crippen molar-refractivity contribution in [2.45, 2.75) is 0 Å². The van der Waals surface area contributed by atoms with E-state index in [0.717, 1.165) is 22.7 Å². The second kappa shape index (κ2) is 7.09. The van der Waals surface area contributed by atoms with Crippen LogP contribution in [-0.4, -0.2) is 6.21 Å². The Balaban J connectivity index is 1.59. The number of ether oxygens (including phenoxy) is 1. The van der Waals surface area contributed by atoms with Gasteiger partial charge in [-0.1, -0.05) is 36.4 Å². The normalized spacial score (nSPS) is 10.5. The summed E-state index contributed by atoms with van der Waals surface area (Å²) in [4.78, 5) is 0. The predicted molar refractivity (Wildman–Crippen MR) is 90.6 cm³/mol. The van der Waals surface area contributed by atoms with Gasteiger partial charge in [0, 0.05) is 0 Å². The highest BCUT2D eigenvalue weighted by atomic mass is 16.5. The molecule has 108 valence electrons. The topological polar surface area (TPSA) is 33.6 Å². The van der Waals surface area contributed by atoms with Crippen molar-refractivity contribution in [3.63, 3.8) is 0 Å². The molecule has 3 aromatic rings. The van der Waals surface area contributed by atoms with E-state index >= 15 is 0 Å². The maximum absolute atomic E-state index is 5.75. The third-order valence-corrected chi connectivity index (χ3v) is 3.04. The van der Waals surface area contributed by atoms with Gasteiger partial charge < -0.3 is 4.74 Å². The van der Waals surface area contributed by atoms with Crippen molar-refractivity contribution < 1.29 is 4.74 Å². The SMILES string of the molecule is C(=NNc1ccccc1)c1ccc(Oc2ccccc2)cc1. The molecule has 0 fully saturated rings. The number of rotatable bonds is 5. The molecule has 0 spiro atoms. The van der Waals surface area contributed by atoms with E-state index in [1.54, 1.807) is 6.21 Å². The summed E-state index contributed by atoms with van der Waals surface area (Å²) in [5.41, 5.74) is 4.95. The van der Waals surface area contributed by atoms with Crippen LogP contribution in [0, 0.1) is 0 Å². The molecular weight excluding hydrogens is 272 g/mol. The van der Waals surface area contributed by atoms with E-state index in [1.165, 1.54) is 0 Å². The Labute approximate surface area is 129 Å². The minimum absolute atomic E-state index is 0.805. The van der Waals surface area contributed by atoms with E-state index in [0.29, 0.717) is 0 Å². The van der Waals surface area contributed by atoms with Crippen LogP contribution in [0.15, 0.2) is 90.0 Å². The third kappa shape index (κ3) is 3.96. The lowest BCUT2D eigenvalue weighted by molar-refractivity contribution is 0.482. The smallest absolute Gasteiger partial charge is 0.127 e. The highest BCUT2D eigenvalue weighted by Crippen LogP contribution is 2.20.